The molecule has 0 spiro atoms. The number of pyridine rings is 1. The Morgan fingerprint density at radius 2 is 2.14 bits per heavy atom. The first kappa shape index (κ1) is 21.0. The van der Waals surface area contributed by atoms with Gasteiger partial charge in [0.15, 0.2) is 17.6 Å². The maximum atomic E-state index is 13.9. The summed E-state index contributed by atoms with van der Waals surface area (Å²) in [6.07, 6.45) is 2.54. The summed E-state index contributed by atoms with van der Waals surface area (Å²) in [5, 5.41) is 6.79. The zero-order valence-electron chi connectivity index (χ0n) is 17.1. The highest BCUT2D eigenvalue weighted by atomic mass is 19.1. The maximum absolute atomic E-state index is 13.9. The molecule has 0 bridgehead atoms. The maximum Gasteiger partial charge on any atom is 0.191 e. The summed E-state index contributed by atoms with van der Waals surface area (Å²) in [5.41, 5.74) is 1.18. The number of nitrogens with one attached hydrogen (secondary N) is 2. The average molecular weight is 400 g/mol. The SMILES string of the molecule is CN=C(NCC(C)COCc1ccccc1)NC1CCN(c2ncccc2F)C1. The van der Waals surface area contributed by atoms with Crippen LogP contribution in [0.1, 0.15) is 18.9 Å². The lowest BCUT2D eigenvalue weighted by molar-refractivity contribution is 0.0931. The largest absolute Gasteiger partial charge is 0.376 e. The van der Waals surface area contributed by atoms with Gasteiger partial charge in [0.05, 0.1) is 13.2 Å². The van der Waals surface area contributed by atoms with Gasteiger partial charge in [-0.15, -0.1) is 0 Å². The lowest BCUT2D eigenvalue weighted by Crippen LogP contribution is -2.46. The standard InChI is InChI=1S/C22H30FN5O/c1-17(15-29-16-18-7-4-3-5-8-18)13-26-22(24-2)27-19-10-12-28(14-19)21-20(23)9-6-11-25-21/h3-9,11,17,19H,10,12-16H2,1-2H3,(H2,24,26,27). The van der Waals surface area contributed by atoms with E-state index in [1.165, 1.54) is 11.6 Å². The quantitative estimate of drug-likeness (QED) is 0.528. The second-order valence-electron chi connectivity index (χ2n) is 7.44. The first-order chi connectivity index (χ1) is 14.2. The number of anilines is 1. The summed E-state index contributed by atoms with van der Waals surface area (Å²) in [6, 6.07) is 13.4. The Balaban J connectivity index is 1.37. The van der Waals surface area contributed by atoms with Crippen LogP contribution in [0.25, 0.3) is 0 Å². The molecule has 1 aliphatic heterocycles. The predicted molar refractivity (Wildman–Crippen MR) is 115 cm³/mol. The van der Waals surface area contributed by atoms with Gasteiger partial charge in [-0.3, -0.25) is 4.99 Å². The van der Waals surface area contributed by atoms with Gasteiger partial charge in [0.2, 0.25) is 0 Å². The number of rotatable bonds is 8. The van der Waals surface area contributed by atoms with E-state index in [-0.39, 0.29) is 11.9 Å². The Hall–Kier alpha value is -2.67. The van der Waals surface area contributed by atoms with Crippen molar-refractivity contribution in [2.75, 3.05) is 38.2 Å². The minimum atomic E-state index is -0.278. The molecule has 2 N–H and O–H groups in total. The zero-order chi connectivity index (χ0) is 20.5. The van der Waals surface area contributed by atoms with E-state index in [0.717, 1.165) is 25.5 Å². The highest BCUT2D eigenvalue weighted by molar-refractivity contribution is 5.80. The number of halogens is 1. The number of aromatic nitrogens is 1. The Morgan fingerprint density at radius 3 is 2.90 bits per heavy atom. The van der Waals surface area contributed by atoms with Gasteiger partial charge in [0, 0.05) is 38.9 Å². The van der Waals surface area contributed by atoms with Crippen molar-refractivity contribution >= 4 is 11.8 Å². The van der Waals surface area contributed by atoms with Crippen molar-refractivity contribution < 1.29 is 9.13 Å². The molecule has 2 unspecified atom stereocenters. The second kappa shape index (κ2) is 10.8. The molecule has 29 heavy (non-hydrogen) atoms. The van der Waals surface area contributed by atoms with E-state index in [9.17, 15) is 4.39 Å². The minimum absolute atomic E-state index is 0.201. The Morgan fingerprint density at radius 1 is 1.31 bits per heavy atom. The van der Waals surface area contributed by atoms with E-state index >= 15 is 0 Å². The molecule has 3 rings (SSSR count). The van der Waals surface area contributed by atoms with E-state index < -0.39 is 0 Å². The molecular weight excluding hydrogens is 369 g/mol. The molecule has 2 heterocycles. The monoisotopic (exact) mass is 399 g/mol. The Bertz CT molecular complexity index is 786. The molecular formula is C22H30FN5O. The third-order valence-electron chi connectivity index (χ3n) is 4.92. The fraction of sp³-hybridized carbons (Fsp3) is 0.455. The summed E-state index contributed by atoms with van der Waals surface area (Å²) in [6.45, 7) is 5.68. The van der Waals surface area contributed by atoms with Crippen LogP contribution in [0.3, 0.4) is 0 Å². The normalized spacial score (nSPS) is 18.0. The van der Waals surface area contributed by atoms with Gasteiger partial charge in [0.1, 0.15) is 0 Å². The molecule has 1 aromatic heterocycles. The first-order valence-corrected chi connectivity index (χ1v) is 10.1. The number of aliphatic imine (C=N–C) groups is 1. The van der Waals surface area contributed by atoms with Gasteiger partial charge < -0.3 is 20.3 Å². The number of guanidine groups is 1. The van der Waals surface area contributed by atoms with Crippen LogP contribution >= 0.6 is 0 Å². The molecule has 2 aromatic rings. The molecule has 156 valence electrons. The Labute approximate surface area is 172 Å². The molecule has 0 amide bonds. The van der Waals surface area contributed by atoms with Crippen LogP contribution in [0.2, 0.25) is 0 Å². The van der Waals surface area contributed by atoms with Crippen LogP contribution in [-0.2, 0) is 11.3 Å². The van der Waals surface area contributed by atoms with E-state index in [0.29, 0.717) is 31.5 Å². The van der Waals surface area contributed by atoms with E-state index in [1.807, 2.05) is 23.1 Å². The Kier molecular flexibility index (Phi) is 7.81. The molecule has 7 heteroatoms. The van der Waals surface area contributed by atoms with Gasteiger partial charge >= 0.3 is 0 Å². The van der Waals surface area contributed by atoms with Crippen LogP contribution in [-0.4, -0.2) is 50.3 Å². The van der Waals surface area contributed by atoms with Gasteiger partial charge in [-0.05, 0) is 30.0 Å². The smallest absolute Gasteiger partial charge is 0.191 e. The number of hydrogen-bond donors (Lipinski definition) is 2. The fourth-order valence-corrected chi connectivity index (χ4v) is 3.35. The molecule has 1 aliphatic rings. The molecule has 1 aromatic carbocycles. The second-order valence-corrected chi connectivity index (χ2v) is 7.44. The molecule has 0 radical (unpaired) electrons. The summed E-state index contributed by atoms with van der Waals surface area (Å²) in [5.74, 6) is 1.25. The van der Waals surface area contributed by atoms with Crippen LogP contribution < -0.4 is 15.5 Å². The lowest BCUT2D eigenvalue weighted by atomic mass is 10.2. The first-order valence-electron chi connectivity index (χ1n) is 10.1. The number of hydrogen-bond acceptors (Lipinski definition) is 4. The highest BCUT2D eigenvalue weighted by Crippen LogP contribution is 2.20. The number of benzene rings is 1. The molecule has 2 atom stereocenters. The fourth-order valence-electron chi connectivity index (χ4n) is 3.35. The topological polar surface area (TPSA) is 61.8 Å². The average Bonchev–Trinajstić information content (AvgIpc) is 3.20. The van der Waals surface area contributed by atoms with Crippen LogP contribution in [0.15, 0.2) is 53.7 Å². The van der Waals surface area contributed by atoms with Crippen molar-refractivity contribution in [2.24, 2.45) is 10.9 Å². The van der Waals surface area contributed by atoms with Gasteiger partial charge in [-0.25, -0.2) is 9.37 Å². The summed E-state index contributed by atoms with van der Waals surface area (Å²) in [4.78, 5) is 10.5. The van der Waals surface area contributed by atoms with Crippen molar-refractivity contribution in [2.45, 2.75) is 26.0 Å². The molecule has 6 nitrogen and oxygen atoms in total. The summed E-state index contributed by atoms with van der Waals surface area (Å²) >= 11 is 0. The predicted octanol–water partition coefficient (Wildman–Crippen LogP) is 2.82. The molecule has 0 aliphatic carbocycles. The van der Waals surface area contributed by atoms with E-state index in [2.05, 4.69) is 39.7 Å². The van der Waals surface area contributed by atoms with Crippen LogP contribution in [0.4, 0.5) is 10.2 Å². The lowest BCUT2D eigenvalue weighted by Gasteiger charge is -2.21. The zero-order valence-corrected chi connectivity index (χ0v) is 17.1. The van der Waals surface area contributed by atoms with Crippen molar-refractivity contribution in [3.63, 3.8) is 0 Å². The van der Waals surface area contributed by atoms with Gasteiger partial charge in [-0.2, -0.15) is 0 Å². The third-order valence-corrected chi connectivity index (χ3v) is 4.92. The van der Waals surface area contributed by atoms with Crippen molar-refractivity contribution in [1.29, 1.82) is 0 Å². The third kappa shape index (κ3) is 6.42. The summed E-state index contributed by atoms with van der Waals surface area (Å²) in [7, 11) is 1.76. The molecule has 1 saturated heterocycles. The van der Waals surface area contributed by atoms with Crippen molar-refractivity contribution in [3.8, 4) is 0 Å². The van der Waals surface area contributed by atoms with Crippen LogP contribution in [0.5, 0.6) is 0 Å². The number of nitrogens with zero attached hydrogens (tertiary/aromatic N) is 3. The van der Waals surface area contributed by atoms with Crippen molar-refractivity contribution in [1.82, 2.24) is 15.6 Å². The van der Waals surface area contributed by atoms with Crippen molar-refractivity contribution in [3.05, 3.63) is 60.0 Å². The molecule has 0 saturated carbocycles. The highest BCUT2D eigenvalue weighted by Gasteiger charge is 2.25. The minimum Gasteiger partial charge on any atom is -0.376 e. The van der Waals surface area contributed by atoms with E-state index in [1.54, 1.807) is 19.3 Å². The summed E-state index contributed by atoms with van der Waals surface area (Å²) < 4.78 is 19.8. The number of ether oxygens (including phenoxy) is 1. The molecule has 1 fully saturated rings. The van der Waals surface area contributed by atoms with Gasteiger partial charge in [0.25, 0.3) is 0 Å². The van der Waals surface area contributed by atoms with E-state index in [4.69, 9.17) is 4.74 Å². The van der Waals surface area contributed by atoms with Crippen LogP contribution in [0, 0.1) is 11.7 Å². The van der Waals surface area contributed by atoms with Gasteiger partial charge in [-0.1, -0.05) is 37.3 Å².